The summed E-state index contributed by atoms with van der Waals surface area (Å²) in [6, 6.07) is 12.5. The highest BCUT2D eigenvalue weighted by Crippen LogP contribution is 2.11. The molecule has 2 rings (SSSR count). The van der Waals surface area contributed by atoms with E-state index in [0.717, 1.165) is 6.54 Å². The van der Waals surface area contributed by atoms with E-state index in [1.807, 2.05) is 47.5 Å². The van der Waals surface area contributed by atoms with Crippen LogP contribution in [-0.2, 0) is 11.3 Å². The Morgan fingerprint density at radius 2 is 1.91 bits per heavy atom. The van der Waals surface area contributed by atoms with E-state index < -0.39 is 6.03 Å². The molecule has 0 saturated carbocycles. The number of nitrogens with zero attached hydrogens (tertiary/aromatic N) is 1. The lowest BCUT2D eigenvalue weighted by Gasteiger charge is -2.18. The topological polar surface area (TPSA) is 61.4 Å². The molecule has 1 aromatic heterocycles. The first-order chi connectivity index (χ1) is 10.7. The normalized spacial score (nSPS) is 10.5. The van der Waals surface area contributed by atoms with Crippen molar-refractivity contribution in [2.45, 2.75) is 13.5 Å². The molecule has 6 heteroatoms. The van der Waals surface area contributed by atoms with Crippen molar-refractivity contribution in [3.8, 4) is 0 Å². The van der Waals surface area contributed by atoms with Gasteiger partial charge in [0, 0.05) is 17.1 Å². The molecule has 0 atom stereocenters. The fourth-order valence-electron chi connectivity index (χ4n) is 1.96. The summed E-state index contributed by atoms with van der Waals surface area (Å²) in [5.41, 5.74) is 0.652. The molecular formula is C16H19N3O2S. The highest BCUT2D eigenvalue weighted by Gasteiger charge is 2.13. The molecule has 0 aliphatic rings. The van der Waals surface area contributed by atoms with Crippen LogP contribution in [0.2, 0.25) is 0 Å². The van der Waals surface area contributed by atoms with E-state index in [9.17, 15) is 9.59 Å². The number of hydrogen-bond acceptors (Lipinski definition) is 4. The number of rotatable bonds is 6. The number of para-hydroxylation sites is 1. The fraction of sp³-hybridized carbons (Fsp3) is 0.250. The number of hydrogen-bond donors (Lipinski definition) is 2. The third-order valence-electron chi connectivity index (χ3n) is 3.06. The van der Waals surface area contributed by atoms with Crippen molar-refractivity contribution in [2.24, 2.45) is 0 Å². The number of thiophene rings is 1. The molecule has 2 aromatic rings. The quantitative estimate of drug-likeness (QED) is 0.861. The zero-order chi connectivity index (χ0) is 15.8. The fourth-order valence-corrected chi connectivity index (χ4v) is 2.70. The Morgan fingerprint density at radius 1 is 1.14 bits per heavy atom. The van der Waals surface area contributed by atoms with Crippen LogP contribution in [0.5, 0.6) is 0 Å². The molecule has 0 bridgehead atoms. The van der Waals surface area contributed by atoms with E-state index in [4.69, 9.17) is 0 Å². The maximum absolute atomic E-state index is 11.9. The van der Waals surface area contributed by atoms with Gasteiger partial charge in [0.25, 0.3) is 0 Å². The molecular weight excluding hydrogens is 298 g/mol. The van der Waals surface area contributed by atoms with Crippen molar-refractivity contribution in [2.75, 3.05) is 18.4 Å². The molecule has 0 unspecified atom stereocenters. The Kier molecular flexibility index (Phi) is 6.12. The van der Waals surface area contributed by atoms with Crippen molar-refractivity contribution >= 4 is 29.0 Å². The second kappa shape index (κ2) is 8.31. The van der Waals surface area contributed by atoms with Crippen LogP contribution < -0.4 is 10.6 Å². The number of anilines is 1. The number of imide groups is 1. The van der Waals surface area contributed by atoms with Crippen LogP contribution >= 0.6 is 11.3 Å². The average Bonchev–Trinajstić information content (AvgIpc) is 3.00. The number of carbonyl (C=O) groups is 2. The van der Waals surface area contributed by atoms with Crippen LogP contribution in [0.1, 0.15) is 11.8 Å². The number of benzene rings is 1. The average molecular weight is 317 g/mol. The Bertz CT molecular complexity index is 599. The zero-order valence-corrected chi connectivity index (χ0v) is 13.2. The molecule has 116 valence electrons. The predicted molar refractivity (Wildman–Crippen MR) is 88.9 cm³/mol. The third-order valence-corrected chi connectivity index (χ3v) is 3.92. The van der Waals surface area contributed by atoms with Crippen molar-refractivity contribution in [3.63, 3.8) is 0 Å². The molecule has 1 aromatic carbocycles. The van der Waals surface area contributed by atoms with Gasteiger partial charge in [-0.2, -0.15) is 0 Å². The molecule has 2 N–H and O–H groups in total. The largest absolute Gasteiger partial charge is 0.325 e. The molecule has 0 aliphatic carbocycles. The third kappa shape index (κ3) is 5.31. The lowest BCUT2D eigenvalue weighted by molar-refractivity contribution is -0.121. The summed E-state index contributed by atoms with van der Waals surface area (Å²) >= 11 is 1.66. The Morgan fingerprint density at radius 3 is 2.55 bits per heavy atom. The first-order valence-electron chi connectivity index (χ1n) is 7.08. The van der Waals surface area contributed by atoms with E-state index in [1.54, 1.807) is 23.5 Å². The first-order valence-corrected chi connectivity index (χ1v) is 7.96. The van der Waals surface area contributed by atoms with Crippen molar-refractivity contribution < 1.29 is 9.59 Å². The van der Waals surface area contributed by atoms with Gasteiger partial charge in [-0.3, -0.25) is 15.0 Å². The van der Waals surface area contributed by atoms with Crippen LogP contribution in [0.3, 0.4) is 0 Å². The molecule has 0 saturated heterocycles. The summed E-state index contributed by atoms with van der Waals surface area (Å²) in [7, 11) is 0. The minimum atomic E-state index is -0.511. The number of nitrogens with one attached hydrogen (secondary N) is 2. The molecule has 0 spiro atoms. The number of amides is 3. The molecule has 22 heavy (non-hydrogen) atoms. The van der Waals surface area contributed by atoms with E-state index in [2.05, 4.69) is 10.6 Å². The lowest BCUT2D eigenvalue weighted by Crippen LogP contribution is -2.41. The molecule has 3 amide bonds. The monoisotopic (exact) mass is 317 g/mol. The summed E-state index contributed by atoms with van der Waals surface area (Å²) in [4.78, 5) is 26.9. The molecule has 0 fully saturated rings. The highest BCUT2D eigenvalue weighted by molar-refractivity contribution is 7.09. The van der Waals surface area contributed by atoms with E-state index in [0.29, 0.717) is 12.2 Å². The van der Waals surface area contributed by atoms with Gasteiger partial charge in [-0.25, -0.2) is 4.79 Å². The lowest BCUT2D eigenvalue weighted by atomic mass is 10.3. The zero-order valence-electron chi connectivity index (χ0n) is 12.4. The first kappa shape index (κ1) is 16.2. The molecule has 1 heterocycles. The van der Waals surface area contributed by atoms with Crippen LogP contribution in [0, 0.1) is 0 Å². The van der Waals surface area contributed by atoms with Gasteiger partial charge in [0.15, 0.2) is 0 Å². The summed E-state index contributed by atoms with van der Waals surface area (Å²) in [5, 5.41) is 6.98. The smallest absolute Gasteiger partial charge is 0.308 e. The summed E-state index contributed by atoms with van der Waals surface area (Å²) in [6.07, 6.45) is 0. The van der Waals surface area contributed by atoms with Crippen molar-refractivity contribution in [1.82, 2.24) is 10.2 Å². The minimum Gasteiger partial charge on any atom is -0.308 e. The summed E-state index contributed by atoms with van der Waals surface area (Å²) < 4.78 is 0. The molecule has 0 radical (unpaired) electrons. The van der Waals surface area contributed by atoms with Gasteiger partial charge in [-0.15, -0.1) is 11.3 Å². The Hall–Kier alpha value is -2.18. The summed E-state index contributed by atoms with van der Waals surface area (Å²) in [5.74, 6) is -0.313. The minimum absolute atomic E-state index is 0.191. The highest BCUT2D eigenvalue weighted by atomic mass is 32.1. The van der Waals surface area contributed by atoms with Crippen LogP contribution in [0.4, 0.5) is 10.5 Å². The van der Waals surface area contributed by atoms with Gasteiger partial charge in [0.1, 0.15) is 0 Å². The van der Waals surface area contributed by atoms with Gasteiger partial charge in [0.2, 0.25) is 5.91 Å². The van der Waals surface area contributed by atoms with Crippen LogP contribution in [0.15, 0.2) is 47.8 Å². The maximum atomic E-state index is 11.9. The van der Waals surface area contributed by atoms with Crippen LogP contribution in [-0.4, -0.2) is 29.9 Å². The molecule has 0 aliphatic heterocycles. The second-order valence-corrected chi connectivity index (χ2v) is 5.78. The standard InChI is InChI=1S/C16H19N3O2S/c1-2-19(11-14-9-6-10-22-14)12-15(20)18-16(21)17-13-7-4-3-5-8-13/h3-10H,2,11-12H2,1H3,(H2,17,18,20,21). The van der Waals surface area contributed by atoms with E-state index in [1.165, 1.54) is 4.88 Å². The van der Waals surface area contributed by atoms with Gasteiger partial charge >= 0.3 is 6.03 Å². The maximum Gasteiger partial charge on any atom is 0.325 e. The van der Waals surface area contributed by atoms with Crippen molar-refractivity contribution in [3.05, 3.63) is 52.7 Å². The number of carbonyl (C=O) groups excluding carboxylic acids is 2. The van der Waals surface area contributed by atoms with E-state index >= 15 is 0 Å². The van der Waals surface area contributed by atoms with Crippen molar-refractivity contribution in [1.29, 1.82) is 0 Å². The SMILES string of the molecule is CCN(CC(=O)NC(=O)Nc1ccccc1)Cc1cccs1. The molecule has 5 nitrogen and oxygen atoms in total. The Balaban J connectivity index is 1.79. The number of likely N-dealkylation sites (N-methyl/N-ethyl adjacent to an activating group) is 1. The second-order valence-electron chi connectivity index (χ2n) is 4.75. The van der Waals surface area contributed by atoms with Crippen LogP contribution in [0.25, 0.3) is 0 Å². The van der Waals surface area contributed by atoms with E-state index in [-0.39, 0.29) is 12.5 Å². The van der Waals surface area contributed by atoms with Gasteiger partial charge in [-0.1, -0.05) is 31.2 Å². The summed E-state index contributed by atoms with van der Waals surface area (Å²) in [6.45, 7) is 3.63. The Labute approximate surface area is 134 Å². The van der Waals surface area contributed by atoms with Gasteiger partial charge in [0.05, 0.1) is 6.54 Å². The number of urea groups is 1. The predicted octanol–water partition coefficient (Wildman–Crippen LogP) is 2.92. The van der Waals surface area contributed by atoms with Gasteiger partial charge < -0.3 is 5.32 Å². The van der Waals surface area contributed by atoms with Gasteiger partial charge in [-0.05, 0) is 30.1 Å².